The minimum atomic E-state index is 0.428. The van der Waals surface area contributed by atoms with Crippen molar-refractivity contribution in [3.8, 4) is 11.5 Å². The summed E-state index contributed by atoms with van der Waals surface area (Å²) in [6.07, 6.45) is 2.32. The van der Waals surface area contributed by atoms with Gasteiger partial charge in [0.2, 0.25) is 5.89 Å². The second-order valence-corrected chi connectivity index (χ2v) is 6.34. The monoisotopic (exact) mass is 346 g/mol. The lowest BCUT2D eigenvalue weighted by Crippen LogP contribution is -2.45. The number of hydrogen-bond donors (Lipinski definition) is 1. The zero-order valence-electron chi connectivity index (χ0n) is 15.1. The maximum Gasteiger partial charge on any atom is 0.223 e. The molecule has 2 aromatic rings. The van der Waals surface area contributed by atoms with Crippen LogP contribution in [0.5, 0.6) is 11.5 Å². The van der Waals surface area contributed by atoms with E-state index in [2.05, 4.69) is 26.4 Å². The molecular weight excluding hydrogens is 320 g/mol. The number of para-hydroxylation sites is 1. The molecule has 1 aliphatic rings. The van der Waals surface area contributed by atoms with E-state index in [4.69, 9.17) is 14.0 Å². The van der Waals surface area contributed by atoms with Gasteiger partial charge in [-0.15, -0.1) is 0 Å². The highest BCUT2D eigenvalue weighted by Crippen LogP contribution is 2.30. The SMILES string of the molecule is COc1cccc(CN[C@H]2CCCN(Cc3noc(C)n3)C2)c1OC. The van der Waals surface area contributed by atoms with Gasteiger partial charge in [0.15, 0.2) is 17.3 Å². The third kappa shape index (κ3) is 4.49. The van der Waals surface area contributed by atoms with Crippen molar-refractivity contribution < 1.29 is 14.0 Å². The number of piperidine rings is 1. The lowest BCUT2D eigenvalue weighted by Gasteiger charge is -2.32. The molecule has 0 saturated carbocycles. The van der Waals surface area contributed by atoms with Crippen LogP contribution in [0.15, 0.2) is 22.7 Å². The Balaban J connectivity index is 1.56. The van der Waals surface area contributed by atoms with Gasteiger partial charge in [0.25, 0.3) is 0 Å². The summed E-state index contributed by atoms with van der Waals surface area (Å²) in [5, 5.41) is 7.64. The second-order valence-electron chi connectivity index (χ2n) is 6.34. The van der Waals surface area contributed by atoms with Crippen molar-refractivity contribution in [1.29, 1.82) is 0 Å². The zero-order valence-corrected chi connectivity index (χ0v) is 15.1. The van der Waals surface area contributed by atoms with Gasteiger partial charge in [0.05, 0.1) is 20.8 Å². The van der Waals surface area contributed by atoms with E-state index >= 15 is 0 Å². The average molecular weight is 346 g/mol. The summed E-state index contributed by atoms with van der Waals surface area (Å²) in [6, 6.07) is 6.40. The fourth-order valence-corrected chi connectivity index (χ4v) is 3.32. The molecule has 1 atom stereocenters. The molecule has 1 saturated heterocycles. The molecule has 0 unspecified atom stereocenters. The molecule has 1 N–H and O–H groups in total. The third-order valence-corrected chi connectivity index (χ3v) is 4.51. The molecule has 2 heterocycles. The normalized spacial score (nSPS) is 18.3. The van der Waals surface area contributed by atoms with Crippen LogP contribution < -0.4 is 14.8 Å². The Kier molecular flexibility index (Phi) is 5.88. The number of rotatable bonds is 7. The quantitative estimate of drug-likeness (QED) is 0.823. The molecular formula is C18H26N4O3. The molecule has 0 radical (unpaired) electrons. The van der Waals surface area contributed by atoms with Crippen LogP contribution in [0.1, 0.15) is 30.1 Å². The predicted molar refractivity (Wildman–Crippen MR) is 93.7 cm³/mol. The Labute approximate surface area is 148 Å². The number of likely N-dealkylation sites (tertiary alicyclic amines) is 1. The number of aryl methyl sites for hydroxylation is 1. The number of ether oxygens (including phenoxy) is 2. The molecule has 25 heavy (non-hydrogen) atoms. The van der Waals surface area contributed by atoms with Crippen LogP contribution in [0, 0.1) is 6.92 Å². The van der Waals surface area contributed by atoms with Crippen molar-refractivity contribution in [2.45, 2.75) is 38.9 Å². The van der Waals surface area contributed by atoms with Gasteiger partial charge in [0.1, 0.15) is 0 Å². The highest BCUT2D eigenvalue weighted by atomic mass is 16.5. The Morgan fingerprint density at radius 3 is 2.92 bits per heavy atom. The molecule has 0 amide bonds. The van der Waals surface area contributed by atoms with E-state index in [-0.39, 0.29) is 0 Å². The number of nitrogens with zero attached hydrogens (tertiary/aromatic N) is 3. The van der Waals surface area contributed by atoms with E-state index in [1.807, 2.05) is 19.1 Å². The van der Waals surface area contributed by atoms with E-state index < -0.39 is 0 Å². The van der Waals surface area contributed by atoms with Gasteiger partial charge >= 0.3 is 0 Å². The van der Waals surface area contributed by atoms with Crippen LogP contribution in [0.2, 0.25) is 0 Å². The average Bonchev–Trinajstić information content (AvgIpc) is 3.04. The van der Waals surface area contributed by atoms with Gasteiger partial charge in [-0.2, -0.15) is 4.98 Å². The zero-order chi connectivity index (χ0) is 17.6. The van der Waals surface area contributed by atoms with Crippen molar-refractivity contribution in [2.75, 3.05) is 27.3 Å². The molecule has 1 aromatic heterocycles. The fraction of sp³-hybridized carbons (Fsp3) is 0.556. The Morgan fingerprint density at radius 2 is 2.20 bits per heavy atom. The predicted octanol–water partition coefficient (Wildman–Crippen LogP) is 2.15. The van der Waals surface area contributed by atoms with Crippen molar-refractivity contribution >= 4 is 0 Å². The Morgan fingerprint density at radius 1 is 1.32 bits per heavy atom. The van der Waals surface area contributed by atoms with Crippen molar-refractivity contribution in [2.24, 2.45) is 0 Å². The van der Waals surface area contributed by atoms with Crippen LogP contribution in [-0.2, 0) is 13.1 Å². The number of benzene rings is 1. The first-order chi connectivity index (χ1) is 12.2. The van der Waals surface area contributed by atoms with Crippen molar-refractivity contribution in [1.82, 2.24) is 20.4 Å². The number of methoxy groups -OCH3 is 2. The standard InChI is InChI=1S/C18H26N4O3/c1-13-20-17(21-25-13)12-22-9-5-7-15(11-22)19-10-14-6-4-8-16(23-2)18(14)24-3/h4,6,8,15,19H,5,7,9-12H2,1-3H3/t15-/m0/s1. The van der Waals surface area contributed by atoms with Crippen molar-refractivity contribution in [3.63, 3.8) is 0 Å². The maximum atomic E-state index is 5.51. The number of nitrogens with one attached hydrogen (secondary N) is 1. The molecule has 3 rings (SSSR count). The van der Waals surface area contributed by atoms with E-state index in [0.29, 0.717) is 11.9 Å². The lowest BCUT2D eigenvalue weighted by molar-refractivity contribution is 0.177. The van der Waals surface area contributed by atoms with Crippen LogP contribution in [0.25, 0.3) is 0 Å². The van der Waals surface area contributed by atoms with Crippen LogP contribution in [0.4, 0.5) is 0 Å². The molecule has 1 aliphatic heterocycles. The summed E-state index contributed by atoms with van der Waals surface area (Å²) in [5.41, 5.74) is 1.10. The Hall–Kier alpha value is -2.12. The van der Waals surface area contributed by atoms with Gasteiger partial charge in [-0.1, -0.05) is 17.3 Å². The van der Waals surface area contributed by atoms with Gasteiger partial charge < -0.3 is 19.3 Å². The van der Waals surface area contributed by atoms with Gasteiger partial charge in [0, 0.05) is 31.6 Å². The molecule has 0 bridgehead atoms. The number of aromatic nitrogens is 2. The van der Waals surface area contributed by atoms with Crippen LogP contribution in [-0.4, -0.2) is 48.4 Å². The van der Waals surface area contributed by atoms with E-state index in [0.717, 1.165) is 61.9 Å². The summed E-state index contributed by atoms with van der Waals surface area (Å²) in [5.74, 6) is 2.94. The highest BCUT2D eigenvalue weighted by molar-refractivity contribution is 5.46. The Bertz CT molecular complexity index is 689. The first-order valence-corrected chi connectivity index (χ1v) is 8.64. The third-order valence-electron chi connectivity index (χ3n) is 4.51. The summed E-state index contributed by atoms with van der Waals surface area (Å²) < 4.78 is 15.9. The molecule has 0 aliphatic carbocycles. The summed E-state index contributed by atoms with van der Waals surface area (Å²) in [6.45, 7) is 5.34. The molecule has 0 spiro atoms. The minimum absolute atomic E-state index is 0.428. The van der Waals surface area contributed by atoms with E-state index in [1.54, 1.807) is 14.2 Å². The lowest BCUT2D eigenvalue weighted by atomic mass is 10.0. The minimum Gasteiger partial charge on any atom is -0.493 e. The van der Waals surface area contributed by atoms with Gasteiger partial charge in [-0.25, -0.2) is 0 Å². The molecule has 1 aromatic carbocycles. The summed E-state index contributed by atoms with van der Waals surface area (Å²) in [7, 11) is 3.34. The summed E-state index contributed by atoms with van der Waals surface area (Å²) in [4.78, 5) is 6.66. The number of hydrogen-bond acceptors (Lipinski definition) is 7. The maximum absolute atomic E-state index is 5.51. The van der Waals surface area contributed by atoms with E-state index in [9.17, 15) is 0 Å². The van der Waals surface area contributed by atoms with E-state index in [1.165, 1.54) is 0 Å². The summed E-state index contributed by atoms with van der Waals surface area (Å²) >= 11 is 0. The largest absolute Gasteiger partial charge is 0.493 e. The molecule has 1 fully saturated rings. The van der Waals surface area contributed by atoms with Gasteiger partial charge in [-0.3, -0.25) is 4.90 Å². The smallest absolute Gasteiger partial charge is 0.223 e. The topological polar surface area (TPSA) is 72.7 Å². The molecule has 7 nitrogen and oxygen atoms in total. The first kappa shape index (κ1) is 17.7. The second kappa shape index (κ2) is 8.31. The fourth-order valence-electron chi connectivity index (χ4n) is 3.32. The van der Waals surface area contributed by atoms with Crippen molar-refractivity contribution in [3.05, 3.63) is 35.5 Å². The van der Waals surface area contributed by atoms with Gasteiger partial charge in [-0.05, 0) is 25.5 Å². The molecule has 136 valence electrons. The first-order valence-electron chi connectivity index (χ1n) is 8.64. The van der Waals surface area contributed by atoms with Crippen LogP contribution >= 0.6 is 0 Å². The van der Waals surface area contributed by atoms with Crippen LogP contribution in [0.3, 0.4) is 0 Å². The molecule has 7 heteroatoms. The highest BCUT2D eigenvalue weighted by Gasteiger charge is 2.21.